The molecule has 8 heteroatoms. The van der Waals surface area contributed by atoms with Gasteiger partial charge in [0.05, 0.1) is 20.1 Å². The summed E-state index contributed by atoms with van der Waals surface area (Å²) in [5, 5.41) is 5.26. The third-order valence-electron chi connectivity index (χ3n) is 4.73. The number of nitrogens with one attached hydrogen (secondary N) is 2. The lowest BCUT2D eigenvalue weighted by Crippen LogP contribution is -2.57. The number of carbonyl (C=O) groups is 4. The smallest absolute Gasteiger partial charge is 0.408 e. The molecule has 0 radical (unpaired) electrons. The Morgan fingerprint density at radius 2 is 1.71 bits per heavy atom. The lowest BCUT2D eigenvalue weighted by Gasteiger charge is -2.28. The van der Waals surface area contributed by atoms with E-state index in [4.69, 9.17) is 4.74 Å². The predicted octanol–water partition coefficient (Wildman–Crippen LogP) is 1.86. The third-order valence-corrected chi connectivity index (χ3v) is 4.73. The van der Waals surface area contributed by atoms with E-state index in [2.05, 4.69) is 15.4 Å². The highest BCUT2D eigenvalue weighted by atomic mass is 16.5. The number of hydrogen-bond acceptors (Lipinski definition) is 6. The fraction of sp³-hybridized carbons (Fsp3) is 0.500. The van der Waals surface area contributed by atoms with Crippen molar-refractivity contribution in [1.29, 1.82) is 0 Å². The van der Waals surface area contributed by atoms with E-state index >= 15 is 0 Å². The first-order valence-corrected chi connectivity index (χ1v) is 9.31. The molecule has 152 valence electrons. The van der Waals surface area contributed by atoms with Gasteiger partial charge in [-0.05, 0) is 18.4 Å². The normalized spacial score (nSPS) is 14.8. The van der Waals surface area contributed by atoms with Crippen molar-refractivity contribution in [3.63, 3.8) is 0 Å². The molecule has 28 heavy (non-hydrogen) atoms. The van der Waals surface area contributed by atoms with Gasteiger partial charge in [-0.25, -0.2) is 4.79 Å². The molecule has 0 spiro atoms. The van der Waals surface area contributed by atoms with Crippen LogP contribution in [0, 0.1) is 0 Å². The van der Waals surface area contributed by atoms with Crippen molar-refractivity contribution in [2.24, 2.45) is 0 Å². The highest BCUT2D eigenvalue weighted by Crippen LogP contribution is 2.30. The average Bonchev–Trinajstić information content (AvgIpc) is 3.19. The number of hydrogen-bond donors (Lipinski definition) is 2. The lowest BCUT2D eigenvalue weighted by atomic mass is 9.96. The van der Waals surface area contributed by atoms with Gasteiger partial charge in [0.25, 0.3) is 0 Å². The van der Waals surface area contributed by atoms with Crippen LogP contribution in [0.3, 0.4) is 0 Å². The van der Waals surface area contributed by atoms with Gasteiger partial charge in [0.15, 0.2) is 5.78 Å². The molecule has 0 atom stereocenters. The largest absolute Gasteiger partial charge is 0.469 e. The number of alkyl carbamates (subject to hydrolysis) is 1. The molecule has 2 rings (SSSR count). The second kappa shape index (κ2) is 10.4. The van der Waals surface area contributed by atoms with Gasteiger partial charge >= 0.3 is 12.1 Å². The van der Waals surface area contributed by atoms with Crippen molar-refractivity contribution in [3.05, 3.63) is 35.9 Å². The predicted molar refractivity (Wildman–Crippen MR) is 100 cm³/mol. The molecule has 0 unspecified atom stereocenters. The highest BCUT2D eigenvalue weighted by Gasteiger charge is 2.43. The number of Topliss-reactive ketones (excluding diaryl/α,β-unsaturated/α-hetero) is 1. The maximum absolute atomic E-state index is 12.7. The van der Waals surface area contributed by atoms with Crippen molar-refractivity contribution in [2.45, 2.75) is 50.7 Å². The van der Waals surface area contributed by atoms with Crippen molar-refractivity contribution >= 4 is 23.8 Å². The van der Waals surface area contributed by atoms with Crippen LogP contribution in [0.4, 0.5) is 4.79 Å². The lowest BCUT2D eigenvalue weighted by molar-refractivity contribution is -0.141. The van der Waals surface area contributed by atoms with Gasteiger partial charge in [0.1, 0.15) is 12.1 Å². The van der Waals surface area contributed by atoms with Crippen LogP contribution in [-0.4, -0.2) is 42.9 Å². The second-order valence-corrected chi connectivity index (χ2v) is 6.77. The standard InChI is InChI=1S/C20H26N2O6/c1-27-17(24)10-9-16(23)13-21-18(25)20(11-5-6-12-20)22-19(26)28-14-15-7-3-2-4-8-15/h2-4,7-8H,5-6,9-14H2,1H3,(H,21,25)(H,22,26). The minimum absolute atomic E-state index is 0.00744. The van der Waals surface area contributed by atoms with Gasteiger partial charge in [0.2, 0.25) is 5.91 Å². The fourth-order valence-corrected chi connectivity index (χ4v) is 3.12. The molecule has 1 fully saturated rings. The van der Waals surface area contributed by atoms with E-state index in [1.165, 1.54) is 7.11 Å². The van der Waals surface area contributed by atoms with Crippen molar-refractivity contribution < 1.29 is 28.7 Å². The number of benzene rings is 1. The third kappa shape index (κ3) is 6.37. The first-order valence-electron chi connectivity index (χ1n) is 9.31. The summed E-state index contributed by atoms with van der Waals surface area (Å²) in [6, 6.07) is 9.24. The number of carbonyl (C=O) groups excluding carboxylic acids is 4. The molecule has 8 nitrogen and oxygen atoms in total. The van der Waals surface area contributed by atoms with Crippen molar-refractivity contribution in [1.82, 2.24) is 10.6 Å². The molecule has 0 aliphatic heterocycles. The molecular weight excluding hydrogens is 364 g/mol. The Morgan fingerprint density at radius 1 is 1.04 bits per heavy atom. The Kier molecular flexibility index (Phi) is 7.98. The maximum Gasteiger partial charge on any atom is 0.408 e. The van der Waals surface area contributed by atoms with Crippen LogP contribution < -0.4 is 10.6 Å². The van der Waals surface area contributed by atoms with Crippen LogP contribution in [0.25, 0.3) is 0 Å². The molecule has 2 N–H and O–H groups in total. The van der Waals surface area contributed by atoms with Crippen LogP contribution in [0.1, 0.15) is 44.1 Å². The number of methoxy groups -OCH3 is 1. The molecule has 0 bridgehead atoms. The molecule has 1 aliphatic rings. The Bertz CT molecular complexity index is 698. The number of ether oxygens (including phenoxy) is 2. The number of amides is 2. The molecule has 1 saturated carbocycles. The summed E-state index contributed by atoms with van der Waals surface area (Å²) in [5.74, 6) is -1.17. The molecule has 1 aromatic carbocycles. The molecule has 1 aromatic rings. The van der Waals surface area contributed by atoms with Gasteiger partial charge in [-0.2, -0.15) is 0 Å². The van der Waals surface area contributed by atoms with E-state index in [0.717, 1.165) is 18.4 Å². The SMILES string of the molecule is COC(=O)CCC(=O)CNC(=O)C1(NC(=O)OCc2ccccc2)CCCC1. The zero-order valence-electron chi connectivity index (χ0n) is 16.0. The van der Waals surface area contributed by atoms with Gasteiger partial charge in [0, 0.05) is 6.42 Å². The average molecular weight is 390 g/mol. The van der Waals surface area contributed by atoms with Crippen LogP contribution in [0.15, 0.2) is 30.3 Å². The zero-order valence-corrected chi connectivity index (χ0v) is 16.0. The van der Waals surface area contributed by atoms with Crippen LogP contribution in [0.5, 0.6) is 0 Å². The zero-order chi connectivity index (χ0) is 20.4. The number of rotatable bonds is 9. The van der Waals surface area contributed by atoms with E-state index in [1.54, 1.807) is 0 Å². The molecule has 0 saturated heterocycles. The Labute approximate surface area is 164 Å². The quantitative estimate of drug-likeness (QED) is 0.623. The molecule has 0 heterocycles. The summed E-state index contributed by atoms with van der Waals surface area (Å²) >= 11 is 0. The molecular formula is C20H26N2O6. The summed E-state index contributed by atoms with van der Waals surface area (Å²) in [6.45, 7) is -0.0886. The van der Waals surface area contributed by atoms with Gasteiger partial charge in [-0.3, -0.25) is 14.4 Å². The van der Waals surface area contributed by atoms with Crippen LogP contribution in [-0.2, 0) is 30.5 Å². The van der Waals surface area contributed by atoms with E-state index in [1.807, 2.05) is 30.3 Å². The number of esters is 1. The van der Waals surface area contributed by atoms with Gasteiger partial charge < -0.3 is 20.1 Å². The van der Waals surface area contributed by atoms with E-state index in [-0.39, 0.29) is 31.8 Å². The van der Waals surface area contributed by atoms with E-state index < -0.39 is 23.5 Å². The van der Waals surface area contributed by atoms with Crippen LogP contribution in [0.2, 0.25) is 0 Å². The maximum atomic E-state index is 12.7. The van der Waals surface area contributed by atoms with Crippen molar-refractivity contribution in [2.75, 3.05) is 13.7 Å². The number of ketones is 1. The Hall–Kier alpha value is -2.90. The van der Waals surface area contributed by atoms with Gasteiger partial charge in [-0.1, -0.05) is 43.2 Å². The summed E-state index contributed by atoms with van der Waals surface area (Å²) in [5.41, 5.74) is -0.227. The van der Waals surface area contributed by atoms with E-state index in [9.17, 15) is 19.2 Å². The summed E-state index contributed by atoms with van der Waals surface area (Å²) in [7, 11) is 1.25. The summed E-state index contributed by atoms with van der Waals surface area (Å²) in [4.78, 5) is 47.8. The minimum Gasteiger partial charge on any atom is -0.469 e. The van der Waals surface area contributed by atoms with Crippen molar-refractivity contribution in [3.8, 4) is 0 Å². The summed E-state index contributed by atoms with van der Waals surface area (Å²) < 4.78 is 9.70. The fourth-order valence-electron chi connectivity index (χ4n) is 3.12. The highest BCUT2D eigenvalue weighted by molar-refractivity contribution is 5.93. The van der Waals surface area contributed by atoms with E-state index in [0.29, 0.717) is 12.8 Å². The topological polar surface area (TPSA) is 111 Å². The second-order valence-electron chi connectivity index (χ2n) is 6.77. The molecule has 1 aliphatic carbocycles. The molecule has 0 aromatic heterocycles. The molecule has 2 amide bonds. The minimum atomic E-state index is -1.07. The Morgan fingerprint density at radius 3 is 2.36 bits per heavy atom. The first-order chi connectivity index (χ1) is 13.4. The summed E-state index contributed by atoms with van der Waals surface area (Å²) in [6.07, 6.45) is 1.85. The van der Waals surface area contributed by atoms with Crippen LogP contribution >= 0.6 is 0 Å². The first kappa shape index (κ1) is 21.4. The monoisotopic (exact) mass is 390 g/mol. The van der Waals surface area contributed by atoms with Gasteiger partial charge in [-0.15, -0.1) is 0 Å². The Balaban J connectivity index is 1.84.